The van der Waals surface area contributed by atoms with Crippen LogP contribution >= 0.6 is 0 Å². The highest BCUT2D eigenvalue weighted by Gasteiger charge is 2.42. The van der Waals surface area contributed by atoms with Crippen LogP contribution in [0, 0.1) is 25.7 Å². The molecule has 3 atom stereocenters. The molecule has 0 unspecified atom stereocenters. The van der Waals surface area contributed by atoms with E-state index in [0.29, 0.717) is 36.9 Å². The van der Waals surface area contributed by atoms with E-state index in [1.807, 2.05) is 37.7 Å². The van der Waals surface area contributed by atoms with Crippen LogP contribution in [0.4, 0.5) is 0 Å². The van der Waals surface area contributed by atoms with E-state index in [4.69, 9.17) is 0 Å². The van der Waals surface area contributed by atoms with Crippen LogP contribution in [0.5, 0.6) is 0 Å². The molecule has 2 aromatic rings. The smallest absolute Gasteiger partial charge is 0.252 e. The maximum atomic E-state index is 12.9. The number of carbonyl (C=O) groups excluding carboxylic acids is 2. The van der Waals surface area contributed by atoms with Gasteiger partial charge < -0.3 is 9.80 Å². The van der Waals surface area contributed by atoms with Crippen molar-refractivity contribution in [1.29, 1.82) is 0 Å². The topological polar surface area (TPSA) is 83.7 Å². The van der Waals surface area contributed by atoms with Crippen LogP contribution in [0.25, 0.3) is 5.78 Å². The zero-order valence-electron chi connectivity index (χ0n) is 17.1. The molecule has 150 valence electrons. The Balaban J connectivity index is 1.40. The molecule has 8 heteroatoms. The van der Waals surface area contributed by atoms with Gasteiger partial charge in [0, 0.05) is 50.9 Å². The molecule has 0 radical (unpaired) electrons. The Hall–Kier alpha value is -2.51. The Morgan fingerprint density at radius 3 is 2.82 bits per heavy atom. The highest BCUT2D eigenvalue weighted by molar-refractivity contribution is 5.78. The number of rotatable bonds is 4. The summed E-state index contributed by atoms with van der Waals surface area (Å²) in [5.74, 6) is 1.92. The molecule has 0 bridgehead atoms. The molecular weight excluding hydrogens is 356 g/mol. The van der Waals surface area contributed by atoms with E-state index in [0.717, 1.165) is 36.3 Å². The van der Waals surface area contributed by atoms with Crippen LogP contribution in [0.3, 0.4) is 0 Å². The van der Waals surface area contributed by atoms with Gasteiger partial charge in [-0.15, -0.1) is 0 Å². The predicted molar refractivity (Wildman–Crippen MR) is 104 cm³/mol. The van der Waals surface area contributed by atoms with E-state index in [9.17, 15) is 9.59 Å². The third-order valence-electron chi connectivity index (χ3n) is 6.71. The van der Waals surface area contributed by atoms with E-state index >= 15 is 0 Å². The second-order valence-electron chi connectivity index (χ2n) is 8.36. The average molecular weight is 384 g/mol. The first-order valence-corrected chi connectivity index (χ1v) is 10.0. The van der Waals surface area contributed by atoms with Gasteiger partial charge in [0.05, 0.1) is 0 Å². The number of likely N-dealkylation sites (tertiary alicyclic amines) is 1. The molecule has 1 saturated heterocycles. The second-order valence-corrected chi connectivity index (χ2v) is 8.36. The third-order valence-corrected chi connectivity index (χ3v) is 6.71. The van der Waals surface area contributed by atoms with Gasteiger partial charge >= 0.3 is 0 Å². The van der Waals surface area contributed by atoms with Crippen molar-refractivity contribution in [3.8, 4) is 0 Å². The van der Waals surface area contributed by atoms with E-state index in [1.165, 1.54) is 6.33 Å². The largest absolute Gasteiger partial charge is 0.345 e. The number of fused-ring (bicyclic) bond motifs is 2. The van der Waals surface area contributed by atoms with Gasteiger partial charge in [0.2, 0.25) is 11.8 Å². The van der Waals surface area contributed by atoms with Crippen molar-refractivity contribution in [1.82, 2.24) is 29.4 Å². The van der Waals surface area contributed by atoms with E-state index in [-0.39, 0.29) is 17.9 Å². The number of carbonyl (C=O) groups is 2. The molecule has 2 aromatic heterocycles. The van der Waals surface area contributed by atoms with E-state index in [2.05, 4.69) is 15.1 Å². The normalized spacial score (nSPS) is 24.6. The highest BCUT2D eigenvalue weighted by Crippen LogP contribution is 2.40. The summed E-state index contributed by atoms with van der Waals surface area (Å²) < 4.78 is 1.73. The van der Waals surface area contributed by atoms with Gasteiger partial charge in [-0.3, -0.25) is 9.59 Å². The molecule has 0 N–H and O–H groups in total. The molecule has 0 aromatic carbocycles. The number of nitrogens with zero attached hydrogens (tertiary/aromatic N) is 6. The standard InChI is InChI=1S/C20H28N6O2/c1-12-17(13(2)26-20(23-12)21-11-22-26)5-6-18(27)25(4)16-7-14-9-19(28)24(3)10-15(14)8-16/h11,14-16H,5-10H2,1-4H3/t14-,15+,16-/m0/s1. The number of hydrogen-bond donors (Lipinski definition) is 0. The van der Waals surface area contributed by atoms with Gasteiger partial charge in [-0.25, -0.2) is 9.50 Å². The zero-order chi connectivity index (χ0) is 20.0. The Labute approximate surface area is 164 Å². The van der Waals surface area contributed by atoms with Crippen LogP contribution in [0.15, 0.2) is 6.33 Å². The summed E-state index contributed by atoms with van der Waals surface area (Å²) >= 11 is 0. The first kappa shape index (κ1) is 18.8. The Bertz CT molecular complexity index is 923. The van der Waals surface area contributed by atoms with Crippen molar-refractivity contribution in [2.45, 2.75) is 52.0 Å². The summed E-state index contributed by atoms with van der Waals surface area (Å²) in [4.78, 5) is 37.2. The Morgan fingerprint density at radius 2 is 2.04 bits per heavy atom. The minimum atomic E-state index is 0.154. The number of hydrogen-bond acceptors (Lipinski definition) is 5. The Morgan fingerprint density at radius 1 is 1.29 bits per heavy atom. The summed E-state index contributed by atoms with van der Waals surface area (Å²) in [7, 11) is 3.79. The predicted octanol–water partition coefficient (Wildman–Crippen LogP) is 1.39. The number of piperidine rings is 1. The lowest BCUT2D eigenvalue weighted by molar-refractivity contribution is -0.135. The van der Waals surface area contributed by atoms with Crippen molar-refractivity contribution in [2.75, 3.05) is 20.6 Å². The fourth-order valence-electron chi connectivity index (χ4n) is 4.93. The summed E-state index contributed by atoms with van der Waals surface area (Å²) in [5.41, 5.74) is 2.96. The van der Waals surface area contributed by atoms with Crippen LogP contribution < -0.4 is 0 Å². The lowest BCUT2D eigenvalue weighted by Gasteiger charge is -2.31. The Kier molecular flexibility index (Phi) is 4.81. The quantitative estimate of drug-likeness (QED) is 0.795. The third kappa shape index (κ3) is 3.25. The molecule has 3 heterocycles. The van der Waals surface area contributed by atoms with E-state index in [1.54, 1.807) is 4.52 Å². The van der Waals surface area contributed by atoms with Crippen LogP contribution in [0.1, 0.15) is 42.6 Å². The molecule has 1 aliphatic heterocycles. The summed E-state index contributed by atoms with van der Waals surface area (Å²) in [6.45, 7) is 4.78. The van der Waals surface area contributed by atoms with Gasteiger partial charge in [0.1, 0.15) is 6.33 Å². The summed E-state index contributed by atoms with van der Waals surface area (Å²) in [6, 6.07) is 0.236. The molecule has 2 fully saturated rings. The molecule has 28 heavy (non-hydrogen) atoms. The van der Waals surface area contributed by atoms with Crippen LogP contribution in [-0.2, 0) is 16.0 Å². The lowest BCUT2D eigenvalue weighted by Crippen LogP contribution is -2.40. The minimum absolute atomic E-state index is 0.154. The molecular formula is C20H28N6O2. The maximum Gasteiger partial charge on any atom is 0.252 e. The first-order valence-electron chi connectivity index (χ1n) is 10.0. The summed E-state index contributed by atoms with van der Waals surface area (Å²) in [5, 5.41) is 4.22. The number of aromatic nitrogens is 4. The number of amides is 2. The van der Waals surface area contributed by atoms with Gasteiger partial charge in [-0.05, 0) is 50.5 Å². The fourth-order valence-corrected chi connectivity index (χ4v) is 4.93. The van der Waals surface area contributed by atoms with Crippen molar-refractivity contribution in [3.05, 3.63) is 23.3 Å². The van der Waals surface area contributed by atoms with Crippen molar-refractivity contribution in [2.24, 2.45) is 11.8 Å². The lowest BCUT2D eigenvalue weighted by atomic mass is 9.88. The molecule has 2 amide bonds. The molecule has 2 aliphatic rings. The second kappa shape index (κ2) is 7.14. The first-order chi connectivity index (χ1) is 13.3. The SMILES string of the molecule is Cc1nc2ncnn2c(C)c1CCC(=O)N(C)[C@H]1C[C@H]2CC(=O)N(C)C[C@H]2C1. The molecule has 8 nitrogen and oxygen atoms in total. The summed E-state index contributed by atoms with van der Waals surface area (Å²) in [6.07, 6.45) is 5.15. The highest BCUT2D eigenvalue weighted by atomic mass is 16.2. The van der Waals surface area contributed by atoms with Crippen molar-refractivity contribution in [3.63, 3.8) is 0 Å². The van der Waals surface area contributed by atoms with Gasteiger partial charge in [0.15, 0.2) is 0 Å². The van der Waals surface area contributed by atoms with Crippen LogP contribution in [-0.4, -0.2) is 67.9 Å². The van der Waals surface area contributed by atoms with E-state index < -0.39 is 0 Å². The fraction of sp³-hybridized carbons (Fsp3) is 0.650. The zero-order valence-corrected chi connectivity index (χ0v) is 17.1. The minimum Gasteiger partial charge on any atom is -0.345 e. The van der Waals surface area contributed by atoms with Gasteiger partial charge in [-0.1, -0.05) is 0 Å². The van der Waals surface area contributed by atoms with Crippen molar-refractivity contribution < 1.29 is 9.59 Å². The monoisotopic (exact) mass is 384 g/mol. The number of aryl methyl sites for hydroxylation is 2. The average Bonchev–Trinajstić information content (AvgIpc) is 3.27. The van der Waals surface area contributed by atoms with Crippen molar-refractivity contribution >= 4 is 17.6 Å². The molecule has 1 saturated carbocycles. The van der Waals surface area contributed by atoms with Gasteiger partial charge in [0.25, 0.3) is 5.78 Å². The maximum absolute atomic E-state index is 12.9. The van der Waals surface area contributed by atoms with Gasteiger partial charge in [-0.2, -0.15) is 10.1 Å². The molecule has 0 spiro atoms. The molecule has 1 aliphatic carbocycles. The van der Waals surface area contributed by atoms with Crippen LogP contribution in [0.2, 0.25) is 0 Å². The molecule has 4 rings (SSSR count).